The SMILES string of the molecule is CC(C)=CCC[C@H](C)CC(C#Cc1ccccc1)N(O)C(=O)OC(C)(C)C. The minimum atomic E-state index is -0.772. The second-order valence-corrected chi connectivity index (χ2v) is 8.18. The molecule has 4 nitrogen and oxygen atoms in total. The molecule has 0 aliphatic carbocycles. The van der Waals surface area contributed by atoms with E-state index in [4.69, 9.17) is 4.74 Å². The minimum absolute atomic E-state index is 0.299. The van der Waals surface area contributed by atoms with E-state index >= 15 is 0 Å². The number of benzene rings is 1. The lowest BCUT2D eigenvalue weighted by molar-refractivity contribution is -0.111. The van der Waals surface area contributed by atoms with Crippen molar-refractivity contribution in [1.29, 1.82) is 0 Å². The zero-order chi connectivity index (χ0) is 20.4. The summed E-state index contributed by atoms with van der Waals surface area (Å²) in [6.07, 6.45) is 3.95. The van der Waals surface area contributed by atoms with Crippen LogP contribution in [0.3, 0.4) is 0 Å². The number of rotatable bonds is 6. The van der Waals surface area contributed by atoms with Crippen LogP contribution < -0.4 is 0 Å². The Hall–Kier alpha value is -2.25. The van der Waals surface area contributed by atoms with E-state index in [-0.39, 0.29) is 0 Å². The summed E-state index contributed by atoms with van der Waals surface area (Å²) in [5, 5.41) is 11.1. The summed E-state index contributed by atoms with van der Waals surface area (Å²) in [5.41, 5.74) is 1.46. The second-order valence-electron chi connectivity index (χ2n) is 8.18. The number of amides is 1. The summed E-state index contributed by atoms with van der Waals surface area (Å²) in [6.45, 7) is 11.6. The van der Waals surface area contributed by atoms with Crippen LogP contribution in [0.5, 0.6) is 0 Å². The normalized spacial score (nSPS) is 13.0. The van der Waals surface area contributed by atoms with Crippen LogP contribution in [0.1, 0.15) is 66.4 Å². The van der Waals surface area contributed by atoms with E-state index in [1.54, 1.807) is 20.8 Å². The van der Waals surface area contributed by atoms with Crippen molar-refractivity contribution in [2.75, 3.05) is 0 Å². The molecule has 1 unspecified atom stereocenters. The molecule has 27 heavy (non-hydrogen) atoms. The zero-order valence-electron chi connectivity index (χ0n) is 17.5. The van der Waals surface area contributed by atoms with Crippen LogP contribution in [0, 0.1) is 17.8 Å². The van der Waals surface area contributed by atoms with Crippen molar-refractivity contribution in [2.24, 2.45) is 5.92 Å². The maximum absolute atomic E-state index is 12.3. The van der Waals surface area contributed by atoms with Gasteiger partial charge in [0.05, 0.1) is 0 Å². The maximum Gasteiger partial charge on any atom is 0.435 e. The first kappa shape index (κ1) is 22.8. The number of allylic oxidation sites excluding steroid dienone is 2. The van der Waals surface area contributed by atoms with Crippen LogP contribution in [0.25, 0.3) is 0 Å². The Bertz CT molecular complexity index is 673. The van der Waals surface area contributed by atoms with E-state index in [0.717, 1.165) is 18.4 Å². The molecule has 1 aromatic rings. The fourth-order valence-corrected chi connectivity index (χ4v) is 2.50. The van der Waals surface area contributed by atoms with E-state index in [2.05, 4.69) is 38.7 Å². The third kappa shape index (κ3) is 9.86. The number of carbonyl (C=O) groups excluding carboxylic acids is 1. The minimum Gasteiger partial charge on any atom is -0.442 e. The van der Waals surface area contributed by atoms with Crippen LogP contribution in [0.15, 0.2) is 42.0 Å². The largest absolute Gasteiger partial charge is 0.442 e. The molecular weight excluding hydrogens is 338 g/mol. The van der Waals surface area contributed by atoms with E-state index < -0.39 is 17.7 Å². The zero-order valence-corrected chi connectivity index (χ0v) is 17.5. The molecule has 4 heteroatoms. The summed E-state index contributed by atoms with van der Waals surface area (Å²) in [6, 6.07) is 8.92. The van der Waals surface area contributed by atoms with E-state index in [9.17, 15) is 10.0 Å². The first-order valence-corrected chi connectivity index (χ1v) is 9.49. The van der Waals surface area contributed by atoms with Gasteiger partial charge < -0.3 is 4.74 Å². The van der Waals surface area contributed by atoms with Crippen molar-refractivity contribution in [3.63, 3.8) is 0 Å². The molecule has 0 fully saturated rings. The highest BCUT2D eigenvalue weighted by Gasteiger charge is 2.27. The number of carbonyl (C=O) groups is 1. The van der Waals surface area contributed by atoms with Gasteiger partial charge >= 0.3 is 6.09 Å². The van der Waals surface area contributed by atoms with Gasteiger partial charge in [-0.3, -0.25) is 5.21 Å². The number of hydroxylamine groups is 2. The first-order chi connectivity index (χ1) is 12.6. The van der Waals surface area contributed by atoms with Crippen molar-refractivity contribution in [3.8, 4) is 11.8 Å². The molecule has 1 aromatic carbocycles. The first-order valence-electron chi connectivity index (χ1n) is 9.49. The van der Waals surface area contributed by atoms with Crippen molar-refractivity contribution >= 4 is 6.09 Å². The third-order valence-corrected chi connectivity index (χ3v) is 3.87. The Kier molecular flexibility index (Phi) is 9.11. The maximum atomic E-state index is 12.3. The molecule has 1 rings (SSSR count). The Morgan fingerprint density at radius 2 is 1.89 bits per heavy atom. The Labute approximate surface area is 164 Å². The Balaban J connectivity index is 2.90. The molecule has 0 radical (unpaired) electrons. The summed E-state index contributed by atoms with van der Waals surface area (Å²) in [7, 11) is 0. The molecule has 0 bridgehead atoms. The van der Waals surface area contributed by atoms with Gasteiger partial charge in [-0.15, -0.1) is 0 Å². The van der Waals surface area contributed by atoms with Gasteiger partial charge in [-0.05, 0) is 71.9 Å². The molecule has 2 atom stereocenters. The molecule has 0 spiro atoms. The van der Waals surface area contributed by atoms with E-state index in [1.165, 1.54) is 5.57 Å². The molecule has 1 amide bonds. The van der Waals surface area contributed by atoms with Crippen LogP contribution in [-0.2, 0) is 4.74 Å². The van der Waals surface area contributed by atoms with Crippen molar-refractivity contribution in [3.05, 3.63) is 47.5 Å². The van der Waals surface area contributed by atoms with Crippen molar-refractivity contribution < 1.29 is 14.7 Å². The fourth-order valence-electron chi connectivity index (χ4n) is 2.50. The van der Waals surface area contributed by atoms with Gasteiger partial charge in [-0.25, -0.2) is 4.79 Å². The van der Waals surface area contributed by atoms with Crippen LogP contribution >= 0.6 is 0 Å². The predicted octanol–water partition coefficient (Wildman–Crippen LogP) is 5.81. The Morgan fingerprint density at radius 1 is 1.26 bits per heavy atom. The molecule has 0 aliphatic heterocycles. The number of hydrogen-bond acceptors (Lipinski definition) is 3. The lowest BCUT2D eigenvalue weighted by Crippen LogP contribution is -2.41. The molecule has 0 aromatic heterocycles. The average molecular weight is 372 g/mol. The fraction of sp³-hybridized carbons (Fsp3) is 0.522. The van der Waals surface area contributed by atoms with Gasteiger partial charge in [-0.2, -0.15) is 5.06 Å². The lowest BCUT2D eigenvalue weighted by Gasteiger charge is -2.27. The summed E-state index contributed by atoms with van der Waals surface area (Å²) < 4.78 is 5.29. The predicted molar refractivity (Wildman–Crippen MR) is 109 cm³/mol. The highest BCUT2D eigenvalue weighted by atomic mass is 16.6. The van der Waals surface area contributed by atoms with Crippen molar-refractivity contribution in [1.82, 2.24) is 5.06 Å². The second kappa shape index (κ2) is 10.8. The molecule has 0 heterocycles. The quantitative estimate of drug-likeness (QED) is 0.297. The molecule has 148 valence electrons. The van der Waals surface area contributed by atoms with Gasteiger partial charge in [-0.1, -0.05) is 48.6 Å². The van der Waals surface area contributed by atoms with Crippen LogP contribution in [0.4, 0.5) is 4.79 Å². The Morgan fingerprint density at radius 3 is 2.44 bits per heavy atom. The third-order valence-electron chi connectivity index (χ3n) is 3.87. The number of hydrogen-bond donors (Lipinski definition) is 1. The molecule has 0 aliphatic rings. The smallest absolute Gasteiger partial charge is 0.435 e. The monoisotopic (exact) mass is 371 g/mol. The van der Waals surface area contributed by atoms with Gasteiger partial charge in [0, 0.05) is 5.56 Å². The standard InChI is InChI=1S/C23H33NO3/c1-18(2)11-10-12-19(3)17-21(16-15-20-13-8-7-9-14-20)24(26)22(25)27-23(4,5)6/h7-9,11,13-14,19,21,26H,10,12,17H2,1-6H3/t19-,21?/m0/s1. The highest BCUT2D eigenvalue weighted by molar-refractivity contribution is 5.67. The van der Waals surface area contributed by atoms with Gasteiger partial charge in [0.2, 0.25) is 0 Å². The summed E-state index contributed by atoms with van der Waals surface area (Å²) in [4.78, 5) is 12.3. The summed E-state index contributed by atoms with van der Waals surface area (Å²) >= 11 is 0. The summed E-state index contributed by atoms with van der Waals surface area (Å²) in [5.74, 6) is 6.39. The number of nitrogens with zero attached hydrogens (tertiary/aromatic N) is 1. The topological polar surface area (TPSA) is 49.8 Å². The van der Waals surface area contributed by atoms with Crippen LogP contribution in [-0.4, -0.2) is 28.0 Å². The average Bonchev–Trinajstić information content (AvgIpc) is 2.57. The molecular formula is C23H33NO3. The molecule has 0 saturated heterocycles. The molecule has 1 N–H and O–H groups in total. The van der Waals surface area contributed by atoms with Gasteiger partial charge in [0.25, 0.3) is 0 Å². The highest BCUT2D eigenvalue weighted by Crippen LogP contribution is 2.19. The van der Waals surface area contributed by atoms with E-state index in [0.29, 0.717) is 17.4 Å². The number of ether oxygens (including phenoxy) is 1. The lowest BCUT2D eigenvalue weighted by atomic mass is 9.96. The van der Waals surface area contributed by atoms with Gasteiger partial charge in [0.1, 0.15) is 11.6 Å². The molecule has 0 saturated carbocycles. The van der Waals surface area contributed by atoms with Gasteiger partial charge in [0.15, 0.2) is 0 Å². The van der Waals surface area contributed by atoms with Crippen molar-refractivity contribution in [2.45, 2.75) is 72.4 Å². The van der Waals surface area contributed by atoms with E-state index in [1.807, 2.05) is 30.3 Å². The van der Waals surface area contributed by atoms with Crippen LogP contribution in [0.2, 0.25) is 0 Å².